The van der Waals surface area contributed by atoms with E-state index in [1.807, 2.05) is 24.1 Å². The van der Waals surface area contributed by atoms with E-state index in [1.54, 1.807) is 18.5 Å². The smallest absolute Gasteiger partial charge is 0.378 e. The summed E-state index contributed by atoms with van der Waals surface area (Å²) in [5.74, 6) is -0.401. The maximum absolute atomic E-state index is 13.7. The minimum atomic E-state index is -4.88. The summed E-state index contributed by atoms with van der Waals surface area (Å²) >= 11 is 0. The van der Waals surface area contributed by atoms with Crippen LogP contribution in [0, 0.1) is 0 Å². The van der Waals surface area contributed by atoms with E-state index < -0.39 is 28.8 Å². The number of aromatic nitrogens is 3. The van der Waals surface area contributed by atoms with Gasteiger partial charge in [0, 0.05) is 68.5 Å². The van der Waals surface area contributed by atoms with Crippen molar-refractivity contribution in [2.45, 2.75) is 32.1 Å². The predicted octanol–water partition coefficient (Wildman–Crippen LogP) is 3.47. The molecule has 10 nitrogen and oxygen atoms in total. The minimum absolute atomic E-state index is 0.208. The number of nitrogens with zero attached hydrogens (tertiary/aromatic N) is 5. The predicted molar refractivity (Wildman–Crippen MR) is 149 cm³/mol. The number of piperazine rings is 1. The van der Waals surface area contributed by atoms with E-state index in [0.29, 0.717) is 73.9 Å². The molecule has 13 heteroatoms. The SMILES string of the molecule is C[C@@H]1CN(c2ccc(-c3cnc(N4CCOCC4)nc3)cc2NC(=O)c2c[nH]c(=O)cc2C(F)(F)F)C[C@H](C)N1C. The molecule has 0 aliphatic carbocycles. The Hall–Kier alpha value is -3.97. The van der Waals surface area contributed by atoms with Crippen molar-refractivity contribution in [3.8, 4) is 11.1 Å². The van der Waals surface area contributed by atoms with Crippen molar-refractivity contribution >= 4 is 23.2 Å². The third-order valence-corrected chi connectivity index (χ3v) is 7.69. The highest BCUT2D eigenvalue weighted by atomic mass is 19.4. The molecule has 2 atom stereocenters. The van der Waals surface area contributed by atoms with Gasteiger partial charge in [0.15, 0.2) is 0 Å². The van der Waals surface area contributed by atoms with Crippen LogP contribution in [0.15, 0.2) is 47.7 Å². The van der Waals surface area contributed by atoms with Crippen LogP contribution in [0.25, 0.3) is 11.1 Å². The highest BCUT2D eigenvalue weighted by Gasteiger charge is 2.36. The molecular weight excluding hydrogens is 539 g/mol. The molecule has 2 aliphatic rings. The number of halogens is 3. The van der Waals surface area contributed by atoms with E-state index in [1.165, 1.54) is 0 Å². The number of morpholine rings is 1. The lowest BCUT2D eigenvalue weighted by molar-refractivity contribution is -0.138. The Morgan fingerprint density at radius 3 is 2.32 bits per heavy atom. The Balaban J connectivity index is 1.50. The standard InChI is InChI=1S/C28H32F3N7O3/c1-17-15-38(16-18(2)36(17)3)24-5-4-19(20-12-33-27(34-13-20)37-6-8-41-9-7-37)10-23(24)35-26(40)21-14-32-25(39)11-22(21)28(29,30)31/h4-5,10-14,17-18H,6-9,15-16H2,1-3H3,(H,32,39)(H,35,40)/t17-,18+. The van der Waals surface area contributed by atoms with Crippen molar-refractivity contribution in [2.24, 2.45) is 0 Å². The van der Waals surface area contributed by atoms with Gasteiger partial charge >= 0.3 is 6.18 Å². The Kier molecular flexibility index (Phi) is 8.00. The van der Waals surface area contributed by atoms with Crippen LogP contribution < -0.4 is 20.7 Å². The Morgan fingerprint density at radius 2 is 1.68 bits per heavy atom. The molecule has 1 aromatic carbocycles. The molecule has 2 fully saturated rings. The lowest BCUT2D eigenvalue weighted by Gasteiger charge is -2.44. The largest absolute Gasteiger partial charge is 0.417 e. The molecule has 0 radical (unpaired) electrons. The van der Waals surface area contributed by atoms with E-state index in [-0.39, 0.29) is 12.1 Å². The fraction of sp³-hybridized carbons (Fsp3) is 0.429. The van der Waals surface area contributed by atoms with Crippen LogP contribution >= 0.6 is 0 Å². The maximum atomic E-state index is 13.7. The van der Waals surface area contributed by atoms with Gasteiger partial charge in [-0.1, -0.05) is 6.07 Å². The second-order valence-electron chi connectivity index (χ2n) is 10.4. The summed E-state index contributed by atoms with van der Waals surface area (Å²) in [6.45, 7) is 8.10. The van der Waals surface area contributed by atoms with Crippen LogP contribution in [0.3, 0.4) is 0 Å². The second-order valence-corrected chi connectivity index (χ2v) is 10.4. The van der Waals surface area contributed by atoms with E-state index in [2.05, 4.69) is 43.9 Å². The summed E-state index contributed by atoms with van der Waals surface area (Å²) in [6, 6.07) is 6.25. The van der Waals surface area contributed by atoms with Crippen LogP contribution in [0.5, 0.6) is 0 Å². The Bertz CT molecular complexity index is 1440. The number of nitrogens with one attached hydrogen (secondary N) is 2. The first kappa shape index (κ1) is 28.6. The molecule has 41 heavy (non-hydrogen) atoms. The molecule has 3 aromatic rings. The first-order valence-corrected chi connectivity index (χ1v) is 13.4. The third-order valence-electron chi connectivity index (χ3n) is 7.69. The molecule has 0 bridgehead atoms. The van der Waals surface area contributed by atoms with Crippen LogP contribution in [-0.4, -0.2) is 84.3 Å². The van der Waals surface area contributed by atoms with Crippen LogP contribution in [0.2, 0.25) is 0 Å². The van der Waals surface area contributed by atoms with E-state index in [4.69, 9.17) is 4.74 Å². The summed E-state index contributed by atoms with van der Waals surface area (Å²) < 4.78 is 46.5. The number of benzene rings is 1. The zero-order valence-corrected chi connectivity index (χ0v) is 23.0. The molecule has 2 saturated heterocycles. The summed E-state index contributed by atoms with van der Waals surface area (Å²) in [5, 5.41) is 2.69. The van der Waals surface area contributed by atoms with Gasteiger partial charge < -0.3 is 24.8 Å². The molecular formula is C28H32F3N7O3. The van der Waals surface area contributed by atoms with E-state index in [9.17, 15) is 22.8 Å². The van der Waals surface area contributed by atoms with Crippen molar-refractivity contribution in [2.75, 3.05) is 61.6 Å². The number of pyridine rings is 1. The second kappa shape index (κ2) is 11.5. The zero-order valence-electron chi connectivity index (χ0n) is 23.0. The highest BCUT2D eigenvalue weighted by molar-refractivity contribution is 6.07. The summed E-state index contributed by atoms with van der Waals surface area (Å²) in [7, 11) is 2.05. The van der Waals surface area contributed by atoms with Crippen LogP contribution in [-0.2, 0) is 10.9 Å². The molecule has 2 aliphatic heterocycles. The van der Waals surface area contributed by atoms with Crippen molar-refractivity contribution in [3.05, 3.63) is 64.3 Å². The van der Waals surface area contributed by atoms with E-state index in [0.717, 1.165) is 6.20 Å². The number of H-pyrrole nitrogens is 1. The number of alkyl halides is 3. The fourth-order valence-corrected chi connectivity index (χ4v) is 5.17. The molecule has 2 N–H and O–H groups in total. The molecule has 4 heterocycles. The average molecular weight is 572 g/mol. The molecule has 2 aromatic heterocycles. The van der Waals surface area contributed by atoms with Gasteiger partial charge in [-0.2, -0.15) is 13.2 Å². The minimum Gasteiger partial charge on any atom is -0.378 e. The maximum Gasteiger partial charge on any atom is 0.417 e. The first-order valence-electron chi connectivity index (χ1n) is 13.4. The quantitative estimate of drug-likeness (QED) is 0.480. The number of amides is 1. The third kappa shape index (κ3) is 6.20. The number of ether oxygens (including phenoxy) is 1. The molecule has 0 saturated carbocycles. The Labute approximate surface area is 235 Å². The molecule has 0 unspecified atom stereocenters. The number of hydrogen-bond donors (Lipinski definition) is 2. The van der Waals surface area contributed by atoms with Gasteiger partial charge in [0.2, 0.25) is 11.5 Å². The molecule has 218 valence electrons. The average Bonchev–Trinajstić information content (AvgIpc) is 2.95. The summed E-state index contributed by atoms with van der Waals surface area (Å²) in [5.41, 5.74) is -0.532. The topological polar surface area (TPSA) is 107 Å². The lowest BCUT2D eigenvalue weighted by atomic mass is 10.0. The fourth-order valence-electron chi connectivity index (χ4n) is 5.17. The zero-order chi connectivity index (χ0) is 29.3. The molecule has 1 amide bonds. The Morgan fingerprint density at radius 1 is 1.02 bits per heavy atom. The van der Waals surface area contributed by atoms with Gasteiger partial charge in [-0.25, -0.2) is 9.97 Å². The van der Waals surface area contributed by atoms with Gasteiger partial charge in [0.1, 0.15) is 0 Å². The van der Waals surface area contributed by atoms with Crippen LogP contribution in [0.4, 0.5) is 30.5 Å². The number of likely N-dealkylation sites (N-methyl/N-ethyl adjacent to an activating group) is 1. The highest BCUT2D eigenvalue weighted by Crippen LogP contribution is 2.35. The normalized spacial score (nSPS) is 20.2. The van der Waals surface area contributed by atoms with Crippen molar-refractivity contribution in [1.82, 2.24) is 19.9 Å². The van der Waals surface area contributed by atoms with Gasteiger partial charge in [0.25, 0.3) is 5.91 Å². The number of carbonyl (C=O) groups excluding carboxylic acids is 1. The van der Waals surface area contributed by atoms with Crippen LogP contribution in [0.1, 0.15) is 29.8 Å². The van der Waals surface area contributed by atoms with Crippen molar-refractivity contribution in [1.29, 1.82) is 0 Å². The number of rotatable bonds is 5. The summed E-state index contributed by atoms with van der Waals surface area (Å²) in [4.78, 5) is 42.5. The van der Waals surface area contributed by atoms with Gasteiger partial charge in [-0.15, -0.1) is 0 Å². The van der Waals surface area contributed by atoms with Crippen molar-refractivity contribution < 1.29 is 22.7 Å². The number of anilines is 3. The first-order chi connectivity index (χ1) is 19.5. The molecule has 0 spiro atoms. The monoisotopic (exact) mass is 571 g/mol. The van der Waals surface area contributed by atoms with Gasteiger partial charge in [-0.3, -0.25) is 14.5 Å². The number of aromatic amines is 1. The van der Waals surface area contributed by atoms with Gasteiger partial charge in [0.05, 0.1) is 35.7 Å². The lowest BCUT2D eigenvalue weighted by Crippen LogP contribution is -2.55. The summed E-state index contributed by atoms with van der Waals surface area (Å²) in [6.07, 6.45) is -0.722. The molecule has 5 rings (SSSR count). The van der Waals surface area contributed by atoms with Crippen molar-refractivity contribution in [3.63, 3.8) is 0 Å². The van der Waals surface area contributed by atoms with E-state index >= 15 is 0 Å². The number of hydrogen-bond acceptors (Lipinski definition) is 8. The number of carbonyl (C=O) groups is 1. The van der Waals surface area contributed by atoms with Gasteiger partial charge in [-0.05, 0) is 38.6 Å².